The first kappa shape index (κ1) is 21.5. The van der Waals surface area contributed by atoms with Crippen LogP contribution in [0, 0.1) is 23.2 Å². The highest BCUT2D eigenvalue weighted by molar-refractivity contribution is 5.56. The van der Waals surface area contributed by atoms with Gasteiger partial charge in [0.2, 0.25) is 0 Å². The van der Waals surface area contributed by atoms with Crippen molar-refractivity contribution in [2.45, 2.75) is 50.9 Å². The highest BCUT2D eigenvalue weighted by atomic mass is 19.4. The largest absolute Gasteiger partial charge is 0.417 e. The Labute approximate surface area is 181 Å². The average molecular weight is 455 g/mol. The van der Waals surface area contributed by atoms with E-state index in [1.807, 2.05) is 0 Å². The van der Waals surface area contributed by atoms with E-state index in [9.17, 15) is 26.3 Å². The van der Waals surface area contributed by atoms with E-state index in [-0.39, 0.29) is 17.1 Å². The molecule has 2 heterocycles. The van der Waals surface area contributed by atoms with Crippen LogP contribution in [0.4, 0.5) is 38.0 Å². The summed E-state index contributed by atoms with van der Waals surface area (Å²) in [6.45, 7) is 0.493. The molecule has 6 rings (SSSR count). The van der Waals surface area contributed by atoms with Gasteiger partial charge in [-0.05, 0) is 86.0 Å². The standard InChI is InChI=1S/C23H23F6N3/c24-22(25,26)17-1-3-19(30-11-17)32(20-4-2-18(12-31-20)23(27,28)29)13-21-8-14-5-15(9-21)7-16(6-14)10-21/h1-4,11-12,14-16H,5-10,13H2. The van der Waals surface area contributed by atoms with Gasteiger partial charge >= 0.3 is 12.4 Å². The first-order chi connectivity index (χ1) is 15.0. The molecule has 0 aromatic carbocycles. The maximum absolute atomic E-state index is 13.0. The predicted octanol–water partition coefficient (Wildman–Crippen LogP) is 6.87. The molecular weight excluding hydrogens is 432 g/mol. The lowest BCUT2D eigenvalue weighted by molar-refractivity contribution is -0.138. The minimum absolute atomic E-state index is 0.0104. The molecule has 4 saturated carbocycles. The predicted molar refractivity (Wildman–Crippen MR) is 106 cm³/mol. The summed E-state index contributed by atoms with van der Waals surface area (Å²) >= 11 is 0. The van der Waals surface area contributed by atoms with Gasteiger partial charge in [0.05, 0.1) is 11.1 Å². The van der Waals surface area contributed by atoms with Gasteiger partial charge in [-0.2, -0.15) is 26.3 Å². The normalized spacial score (nSPS) is 29.4. The Kier molecular flexibility index (Phi) is 4.94. The fraction of sp³-hybridized carbons (Fsp3) is 0.565. The van der Waals surface area contributed by atoms with Crippen LogP contribution in [0.2, 0.25) is 0 Å². The number of halogens is 6. The van der Waals surface area contributed by atoms with Gasteiger partial charge in [-0.25, -0.2) is 9.97 Å². The highest BCUT2D eigenvalue weighted by Gasteiger charge is 2.51. The number of hydrogen-bond acceptors (Lipinski definition) is 3. The molecule has 2 aromatic rings. The molecule has 4 fully saturated rings. The molecule has 4 bridgehead atoms. The summed E-state index contributed by atoms with van der Waals surface area (Å²) in [5.41, 5.74) is -1.74. The van der Waals surface area contributed by atoms with Crippen molar-refractivity contribution < 1.29 is 26.3 Å². The van der Waals surface area contributed by atoms with Crippen LogP contribution in [0.15, 0.2) is 36.7 Å². The smallest absolute Gasteiger partial charge is 0.310 e. The lowest BCUT2D eigenvalue weighted by Gasteiger charge is -2.57. The monoisotopic (exact) mass is 455 g/mol. The van der Waals surface area contributed by atoms with Crippen molar-refractivity contribution in [2.75, 3.05) is 11.4 Å². The van der Waals surface area contributed by atoms with E-state index >= 15 is 0 Å². The summed E-state index contributed by atoms with van der Waals surface area (Å²) in [6, 6.07) is 4.48. The van der Waals surface area contributed by atoms with Gasteiger partial charge in [0, 0.05) is 18.9 Å². The zero-order chi connectivity index (χ0) is 22.7. The topological polar surface area (TPSA) is 29.0 Å². The molecule has 0 atom stereocenters. The van der Waals surface area contributed by atoms with E-state index in [0.29, 0.717) is 24.3 Å². The van der Waals surface area contributed by atoms with Crippen LogP contribution < -0.4 is 4.90 Å². The third-order valence-electron chi connectivity index (χ3n) is 7.36. The molecule has 9 heteroatoms. The Morgan fingerprint density at radius 1 is 0.719 bits per heavy atom. The molecule has 4 aliphatic rings. The molecule has 3 nitrogen and oxygen atoms in total. The average Bonchev–Trinajstić information content (AvgIpc) is 2.70. The number of rotatable bonds is 4. The summed E-state index contributed by atoms with van der Waals surface area (Å²) in [4.78, 5) is 9.77. The van der Waals surface area contributed by atoms with Crippen molar-refractivity contribution in [1.29, 1.82) is 0 Å². The van der Waals surface area contributed by atoms with Crippen LogP contribution in [-0.2, 0) is 12.4 Å². The van der Waals surface area contributed by atoms with Gasteiger partial charge in [-0.15, -0.1) is 0 Å². The Bertz CT molecular complexity index is 872. The van der Waals surface area contributed by atoms with Crippen LogP contribution in [-0.4, -0.2) is 16.5 Å². The molecule has 0 aliphatic heterocycles. The molecule has 0 spiro atoms. The molecule has 172 valence electrons. The SMILES string of the molecule is FC(F)(F)c1ccc(N(CC23CC4CC(CC(C4)C2)C3)c2ccc(C(F)(F)F)cn2)nc1. The first-order valence-corrected chi connectivity index (χ1v) is 10.8. The third-order valence-corrected chi connectivity index (χ3v) is 7.36. The number of nitrogens with zero attached hydrogens (tertiary/aromatic N) is 3. The Morgan fingerprint density at radius 3 is 1.44 bits per heavy atom. The molecular formula is C23H23F6N3. The van der Waals surface area contributed by atoms with Crippen molar-refractivity contribution in [3.05, 3.63) is 47.8 Å². The fourth-order valence-electron chi connectivity index (χ4n) is 6.53. The van der Waals surface area contributed by atoms with Gasteiger partial charge in [-0.1, -0.05) is 0 Å². The minimum Gasteiger partial charge on any atom is -0.310 e. The van der Waals surface area contributed by atoms with E-state index in [0.717, 1.165) is 43.8 Å². The van der Waals surface area contributed by atoms with Gasteiger partial charge in [0.25, 0.3) is 0 Å². The van der Waals surface area contributed by atoms with Gasteiger partial charge in [0.1, 0.15) is 11.6 Å². The molecule has 32 heavy (non-hydrogen) atoms. The summed E-state index contributed by atoms with van der Waals surface area (Å²) in [5, 5.41) is 0. The van der Waals surface area contributed by atoms with Crippen LogP contribution in [0.25, 0.3) is 0 Å². The van der Waals surface area contributed by atoms with Crippen molar-refractivity contribution in [1.82, 2.24) is 9.97 Å². The quantitative estimate of drug-likeness (QED) is 0.471. The second kappa shape index (κ2) is 7.35. The van der Waals surface area contributed by atoms with Crippen molar-refractivity contribution >= 4 is 11.6 Å². The number of pyridine rings is 2. The van der Waals surface area contributed by atoms with E-state index in [1.165, 1.54) is 31.4 Å². The lowest BCUT2D eigenvalue weighted by Crippen LogP contribution is -2.50. The van der Waals surface area contributed by atoms with Gasteiger partial charge < -0.3 is 4.90 Å². The van der Waals surface area contributed by atoms with Crippen LogP contribution in [0.5, 0.6) is 0 Å². The van der Waals surface area contributed by atoms with Crippen molar-refractivity contribution in [2.24, 2.45) is 23.2 Å². The number of alkyl halides is 6. The first-order valence-electron chi connectivity index (χ1n) is 10.8. The molecule has 0 N–H and O–H groups in total. The summed E-state index contributed by atoms with van der Waals surface area (Å²) in [7, 11) is 0. The number of aromatic nitrogens is 2. The summed E-state index contributed by atoms with van der Waals surface area (Å²) in [5.74, 6) is 2.50. The molecule has 0 radical (unpaired) electrons. The second-order valence-corrected chi connectivity index (χ2v) is 9.81. The zero-order valence-electron chi connectivity index (χ0n) is 17.3. The molecule has 4 aliphatic carbocycles. The van der Waals surface area contributed by atoms with Crippen LogP contribution in [0.3, 0.4) is 0 Å². The second-order valence-electron chi connectivity index (χ2n) is 9.81. The van der Waals surface area contributed by atoms with Gasteiger partial charge in [0.15, 0.2) is 0 Å². The highest BCUT2D eigenvalue weighted by Crippen LogP contribution is 2.60. The van der Waals surface area contributed by atoms with Crippen molar-refractivity contribution in [3.63, 3.8) is 0 Å². The van der Waals surface area contributed by atoms with Crippen LogP contribution in [0.1, 0.15) is 49.7 Å². The Morgan fingerprint density at radius 2 is 1.12 bits per heavy atom. The number of anilines is 2. The molecule has 2 aromatic heterocycles. The number of hydrogen-bond donors (Lipinski definition) is 0. The summed E-state index contributed by atoms with van der Waals surface area (Å²) in [6.07, 6.45) is -0.669. The van der Waals surface area contributed by atoms with Gasteiger partial charge in [-0.3, -0.25) is 0 Å². The van der Waals surface area contributed by atoms with E-state index < -0.39 is 23.5 Å². The molecule has 0 saturated heterocycles. The van der Waals surface area contributed by atoms with Crippen molar-refractivity contribution in [3.8, 4) is 0 Å². The lowest BCUT2D eigenvalue weighted by atomic mass is 9.49. The van der Waals surface area contributed by atoms with E-state index in [4.69, 9.17) is 0 Å². The maximum Gasteiger partial charge on any atom is 0.417 e. The Balaban J connectivity index is 1.49. The van der Waals surface area contributed by atoms with E-state index in [2.05, 4.69) is 9.97 Å². The maximum atomic E-state index is 13.0. The third kappa shape index (κ3) is 4.06. The molecule has 0 amide bonds. The Hall–Kier alpha value is -2.32. The fourth-order valence-corrected chi connectivity index (χ4v) is 6.53. The van der Waals surface area contributed by atoms with E-state index in [1.54, 1.807) is 4.90 Å². The zero-order valence-corrected chi connectivity index (χ0v) is 17.3. The summed E-state index contributed by atoms with van der Waals surface area (Å²) < 4.78 is 78.1. The minimum atomic E-state index is -4.51. The van der Waals surface area contributed by atoms with Crippen LogP contribution >= 0.6 is 0 Å². The molecule has 0 unspecified atom stereocenters.